The van der Waals surface area contributed by atoms with Gasteiger partial charge >= 0.3 is 0 Å². The molecule has 0 saturated carbocycles. The van der Waals surface area contributed by atoms with E-state index in [4.69, 9.17) is 23.2 Å². The second-order valence-electron chi connectivity index (χ2n) is 11.6. The van der Waals surface area contributed by atoms with Crippen LogP contribution in [-0.2, 0) is 28.9 Å². The number of alkyl halides is 2. The van der Waals surface area contributed by atoms with Gasteiger partial charge in [0.1, 0.15) is 0 Å². The lowest BCUT2D eigenvalue weighted by Crippen LogP contribution is -2.15. The van der Waals surface area contributed by atoms with Gasteiger partial charge in [-0.2, -0.15) is 0 Å². The molecule has 0 bridgehead atoms. The van der Waals surface area contributed by atoms with Crippen LogP contribution in [0.2, 0.25) is 0 Å². The van der Waals surface area contributed by atoms with Crippen molar-refractivity contribution >= 4 is 47.2 Å². The first-order valence-corrected chi connectivity index (χ1v) is 16.7. The normalized spacial score (nSPS) is 17.3. The maximum absolute atomic E-state index is 12.4. The molecule has 0 saturated heterocycles. The van der Waals surface area contributed by atoms with Crippen molar-refractivity contribution in [2.24, 2.45) is 0 Å². The number of H-pyrrole nitrogens is 2. The molecule has 4 heterocycles. The Morgan fingerprint density at radius 2 is 1.02 bits per heavy atom. The molecule has 4 N–H and O–H groups in total. The molecule has 2 aliphatic rings. The van der Waals surface area contributed by atoms with Crippen molar-refractivity contribution < 1.29 is 9.59 Å². The first-order valence-electron chi connectivity index (χ1n) is 15.6. The van der Waals surface area contributed by atoms with E-state index in [9.17, 15) is 9.59 Å². The van der Waals surface area contributed by atoms with E-state index in [1.807, 2.05) is 13.8 Å². The van der Waals surface area contributed by atoms with E-state index in [1.54, 1.807) is 0 Å². The van der Waals surface area contributed by atoms with Crippen molar-refractivity contribution in [3.8, 4) is 0 Å². The monoisotopic (exact) mass is 624 g/mol. The van der Waals surface area contributed by atoms with Crippen molar-refractivity contribution in [1.29, 1.82) is 0 Å². The number of amides is 2. The second kappa shape index (κ2) is 14.7. The zero-order chi connectivity index (χ0) is 31.3. The van der Waals surface area contributed by atoms with E-state index in [0.29, 0.717) is 11.8 Å². The van der Waals surface area contributed by atoms with Gasteiger partial charge in [0, 0.05) is 63.5 Å². The van der Waals surface area contributed by atoms with Crippen LogP contribution in [0, 0.1) is 13.8 Å². The largest absolute Gasteiger partial charge is 0.358 e. The summed E-state index contributed by atoms with van der Waals surface area (Å²) in [5, 5.41) is 6.12. The van der Waals surface area contributed by atoms with Crippen molar-refractivity contribution in [2.45, 2.75) is 99.3 Å². The van der Waals surface area contributed by atoms with Crippen LogP contribution in [0.3, 0.4) is 0 Å². The topological polar surface area (TPSA) is 89.8 Å². The molecule has 2 aliphatic heterocycles. The number of unbranched alkanes of at least 4 members (excludes halogenated alkanes) is 2. The van der Waals surface area contributed by atoms with Gasteiger partial charge in [-0.1, -0.05) is 13.8 Å². The lowest BCUT2D eigenvalue weighted by Gasteiger charge is -2.08. The van der Waals surface area contributed by atoms with Crippen molar-refractivity contribution in [3.63, 3.8) is 0 Å². The van der Waals surface area contributed by atoms with Gasteiger partial charge in [0.25, 0.3) is 11.8 Å². The van der Waals surface area contributed by atoms with E-state index in [2.05, 4.69) is 60.4 Å². The minimum absolute atomic E-state index is 0.0188. The predicted octanol–water partition coefficient (Wildman–Crippen LogP) is 8.07. The second-order valence-corrected chi connectivity index (χ2v) is 12.4. The summed E-state index contributed by atoms with van der Waals surface area (Å²) in [6.45, 7) is 12.3. The zero-order valence-corrected chi connectivity index (χ0v) is 28.0. The molecule has 4 rings (SSSR count). The average molecular weight is 626 g/mol. The molecule has 232 valence electrons. The molecule has 6 nitrogen and oxygen atoms in total. The minimum Gasteiger partial charge on any atom is -0.358 e. The number of aromatic nitrogens is 2. The Bertz CT molecular complexity index is 1400. The van der Waals surface area contributed by atoms with Crippen LogP contribution in [-0.4, -0.2) is 33.5 Å². The van der Waals surface area contributed by atoms with Crippen molar-refractivity contribution in [3.05, 3.63) is 78.7 Å². The average Bonchev–Trinajstić information content (AvgIpc) is 3.62. The summed E-state index contributed by atoms with van der Waals surface area (Å²) < 4.78 is 0. The summed E-state index contributed by atoms with van der Waals surface area (Å²) >= 11 is 12.1. The maximum Gasteiger partial charge on any atom is 0.251 e. The molecule has 43 heavy (non-hydrogen) atoms. The third-order valence-electron chi connectivity index (χ3n) is 9.00. The molecule has 0 unspecified atom stereocenters. The fourth-order valence-corrected chi connectivity index (χ4v) is 6.76. The van der Waals surface area contributed by atoms with Gasteiger partial charge in [-0.05, 0) is 125 Å². The highest BCUT2D eigenvalue weighted by Gasteiger charge is 2.25. The summed E-state index contributed by atoms with van der Waals surface area (Å²) in [5.41, 5.74) is 15.0. The summed E-state index contributed by atoms with van der Waals surface area (Å²) in [6.07, 6.45) is 12.3. The van der Waals surface area contributed by atoms with Crippen LogP contribution < -0.4 is 10.6 Å². The Labute approximate surface area is 266 Å². The molecular weight excluding hydrogens is 579 g/mol. The van der Waals surface area contributed by atoms with Crippen LogP contribution in [0.5, 0.6) is 0 Å². The fourth-order valence-electron chi connectivity index (χ4n) is 6.39. The number of halogens is 2. The highest BCUT2D eigenvalue weighted by atomic mass is 35.5. The molecule has 2 amide bonds. The van der Waals surface area contributed by atoms with E-state index < -0.39 is 0 Å². The fraction of sp³-hybridized carbons (Fsp3) is 0.486. The van der Waals surface area contributed by atoms with Gasteiger partial charge in [0.2, 0.25) is 0 Å². The van der Waals surface area contributed by atoms with Gasteiger partial charge in [0.05, 0.1) is 0 Å². The highest BCUT2D eigenvalue weighted by Crippen LogP contribution is 2.32. The molecule has 0 aliphatic carbocycles. The van der Waals surface area contributed by atoms with Gasteiger partial charge in [-0.25, -0.2) is 0 Å². The van der Waals surface area contributed by atoms with Crippen LogP contribution in [0.25, 0.3) is 12.2 Å². The number of hydrogen-bond donors (Lipinski definition) is 4. The van der Waals surface area contributed by atoms with E-state index in [1.165, 1.54) is 33.6 Å². The van der Waals surface area contributed by atoms with Gasteiger partial charge in [-0.3, -0.25) is 9.59 Å². The lowest BCUT2D eigenvalue weighted by molar-refractivity contribution is -0.117. The zero-order valence-electron chi connectivity index (χ0n) is 26.5. The Morgan fingerprint density at radius 3 is 1.37 bits per heavy atom. The van der Waals surface area contributed by atoms with Crippen LogP contribution >= 0.6 is 23.2 Å². The van der Waals surface area contributed by atoms with Crippen LogP contribution in [0.4, 0.5) is 0 Å². The van der Waals surface area contributed by atoms with Crippen molar-refractivity contribution in [1.82, 2.24) is 20.6 Å². The molecule has 8 heteroatoms. The van der Waals surface area contributed by atoms with Gasteiger partial charge < -0.3 is 20.6 Å². The quantitative estimate of drug-likeness (QED) is 0.126. The third kappa shape index (κ3) is 7.07. The highest BCUT2D eigenvalue weighted by molar-refractivity contribution is 6.18. The number of nitrogens with one attached hydrogen (secondary N) is 4. The maximum atomic E-state index is 12.4. The standard InChI is InChI=1S/C35H46Cl2N4O2/c1-7-24-22(5)34(42)40-30(24)17-28-20(3)26(13-9-11-15-36)32(38-28)19-33-27(14-10-12-16-37)21(4)29(39-33)18-31-25(8-2)23(6)35(43)41-31/h17-18,38-39H,7-16,19H2,1-6H3,(H,40,42)(H,41,43)/b30-17-,31-18-. The molecule has 0 atom stereocenters. The summed E-state index contributed by atoms with van der Waals surface area (Å²) in [4.78, 5) is 32.3. The number of carbonyl (C=O) groups is 2. The molecule has 0 fully saturated rings. The molecule has 0 spiro atoms. The Kier molecular flexibility index (Phi) is 11.2. The summed E-state index contributed by atoms with van der Waals surface area (Å²) in [6, 6.07) is 0. The molecule has 2 aromatic heterocycles. The van der Waals surface area contributed by atoms with Crippen LogP contribution in [0.1, 0.15) is 111 Å². The van der Waals surface area contributed by atoms with Crippen LogP contribution in [0.15, 0.2) is 33.7 Å². The summed E-state index contributed by atoms with van der Waals surface area (Å²) in [7, 11) is 0. The molecular formula is C35H46Cl2N4O2. The van der Waals surface area contributed by atoms with Gasteiger partial charge in [0.15, 0.2) is 0 Å². The molecule has 2 aromatic rings. The first kappa shape index (κ1) is 32.9. The predicted molar refractivity (Wildman–Crippen MR) is 179 cm³/mol. The van der Waals surface area contributed by atoms with Crippen molar-refractivity contribution in [2.75, 3.05) is 11.8 Å². The Morgan fingerprint density at radius 1 is 0.628 bits per heavy atom. The van der Waals surface area contributed by atoms with E-state index in [-0.39, 0.29) is 11.8 Å². The number of allylic oxidation sites excluding steroid dienone is 2. The van der Waals surface area contributed by atoms with E-state index in [0.717, 1.165) is 103 Å². The number of carbonyl (C=O) groups excluding carboxylic acids is 2. The molecule has 0 radical (unpaired) electrons. The Balaban J connectivity index is 1.77. The molecule has 0 aromatic carbocycles. The number of rotatable bonds is 14. The Hall–Kier alpha value is -2.96. The summed E-state index contributed by atoms with van der Waals surface area (Å²) in [5.74, 6) is 1.26. The smallest absolute Gasteiger partial charge is 0.251 e. The van der Waals surface area contributed by atoms with Gasteiger partial charge in [-0.15, -0.1) is 23.2 Å². The third-order valence-corrected chi connectivity index (χ3v) is 9.54. The first-order chi connectivity index (χ1) is 20.6. The number of aromatic amines is 2. The lowest BCUT2D eigenvalue weighted by atomic mass is 9.97. The SMILES string of the molecule is CCC1=C(C)C(=O)N/C1=C\c1[nH]c(Cc2[nH]c(/C=C3\NC(=O)C(C)=C3CC)c(C)c2CCCCCl)c(CCCCCl)c1C. The number of hydrogen-bond acceptors (Lipinski definition) is 2. The van der Waals surface area contributed by atoms with E-state index >= 15 is 0 Å². The minimum atomic E-state index is -0.0188.